The number of carbonyl (C=O) groups excluding carboxylic acids is 3. The van der Waals surface area contributed by atoms with E-state index in [0.717, 1.165) is 51.6 Å². The van der Waals surface area contributed by atoms with E-state index in [-0.39, 0.29) is 23.8 Å². The number of nitrogens with one attached hydrogen (secondary N) is 2. The van der Waals surface area contributed by atoms with Crippen LogP contribution >= 0.6 is 23.2 Å². The van der Waals surface area contributed by atoms with Gasteiger partial charge in [-0.25, -0.2) is 0 Å². The highest BCUT2D eigenvalue weighted by atomic mass is 35.5. The molecule has 1 saturated carbocycles. The summed E-state index contributed by atoms with van der Waals surface area (Å²) in [5.74, 6) is -2.19. The number of hydrogen-bond acceptors (Lipinski definition) is 5. The molecule has 4 fully saturated rings. The van der Waals surface area contributed by atoms with Crippen molar-refractivity contribution < 1.29 is 19.1 Å². The van der Waals surface area contributed by atoms with Crippen LogP contribution in [0.5, 0.6) is 0 Å². The highest BCUT2D eigenvalue weighted by molar-refractivity contribution is 6.42. The van der Waals surface area contributed by atoms with Crippen molar-refractivity contribution in [3.63, 3.8) is 0 Å². The summed E-state index contributed by atoms with van der Waals surface area (Å²) in [6.07, 6.45) is 13.2. The van der Waals surface area contributed by atoms with E-state index in [2.05, 4.69) is 15.5 Å². The third kappa shape index (κ3) is 5.17. The molecule has 3 saturated heterocycles. The van der Waals surface area contributed by atoms with Crippen molar-refractivity contribution in [2.75, 3.05) is 31.5 Å². The Kier molecular flexibility index (Phi) is 8.14. The fourth-order valence-electron chi connectivity index (χ4n) is 7.44. The van der Waals surface area contributed by atoms with Crippen molar-refractivity contribution in [2.45, 2.75) is 81.6 Å². The maximum Gasteiger partial charge on any atom is 0.246 e. The zero-order chi connectivity index (χ0) is 27.9. The van der Waals surface area contributed by atoms with Gasteiger partial charge in [0.1, 0.15) is 11.6 Å². The molecule has 6 rings (SSSR count). The van der Waals surface area contributed by atoms with E-state index < -0.39 is 29.6 Å². The molecule has 0 unspecified atom stereocenters. The minimum atomic E-state index is -1.15. The Morgan fingerprint density at radius 3 is 2.40 bits per heavy atom. The van der Waals surface area contributed by atoms with Crippen LogP contribution in [-0.4, -0.2) is 77.5 Å². The first-order chi connectivity index (χ1) is 19.4. The van der Waals surface area contributed by atoms with Gasteiger partial charge in [-0.1, -0.05) is 67.5 Å². The van der Waals surface area contributed by atoms with Gasteiger partial charge in [-0.15, -0.1) is 0 Å². The van der Waals surface area contributed by atoms with E-state index in [0.29, 0.717) is 28.8 Å². The van der Waals surface area contributed by atoms with Gasteiger partial charge in [0, 0.05) is 24.8 Å². The van der Waals surface area contributed by atoms with Crippen LogP contribution in [0.4, 0.5) is 5.69 Å². The summed E-state index contributed by atoms with van der Waals surface area (Å²) in [4.78, 5) is 45.9. The van der Waals surface area contributed by atoms with Crippen LogP contribution in [0.25, 0.3) is 0 Å². The summed E-state index contributed by atoms with van der Waals surface area (Å²) in [6.45, 7) is 3.14. The summed E-state index contributed by atoms with van der Waals surface area (Å²) in [7, 11) is 0. The number of carbonyl (C=O) groups is 3. The lowest BCUT2D eigenvalue weighted by molar-refractivity contribution is -0.141. The molecular formula is C30H38Cl2N4O4. The van der Waals surface area contributed by atoms with Crippen LogP contribution in [0.1, 0.15) is 57.8 Å². The molecule has 4 heterocycles. The van der Waals surface area contributed by atoms with Crippen molar-refractivity contribution in [2.24, 2.45) is 11.8 Å². The number of halogens is 2. The third-order valence-corrected chi connectivity index (χ3v) is 10.2. The molecule has 5 aliphatic rings. The number of rotatable bonds is 7. The Morgan fingerprint density at radius 1 is 0.950 bits per heavy atom. The van der Waals surface area contributed by atoms with E-state index in [1.807, 2.05) is 12.2 Å². The number of hydrogen-bond donors (Lipinski definition) is 2. The smallest absolute Gasteiger partial charge is 0.246 e. The van der Waals surface area contributed by atoms with Gasteiger partial charge in [0.15, 0.2) is 0 Å². The molecule has 10 heteroatoms. The topological polar surface area (TPSA) is 91.0 Å². The predicted octanol–water partition coefficient (Wildman–Crippen LogP) is 4.41. The number of fused-ring (bicyclic) bond motifs is 1. The summed E-state index contributed by atoms with van der Waals surface area (Å²) >= 11 is 12.2. The lowest BCUT2D eigenvalue weighted by atomic mass is 9.74. The average molecular weight is 590 g/mol. The van der Waals surface area contributed by atoms with Crippen LogP contribution in [0.15, 0.2) is 30.4 Å². The molecule has 2 N–H and O–H groups in total. The molecular weight excluding hydrogens is 551 g/mol. The highest BCUT2D eigenvalue weighted by Crippen LogP contribution is 2.55. The average Bonchev–Trinajstić information content (AvgIpc) is 3.49. The second-order valence-electron chi connectivity index (χ2n) is 12.0. The van der Waals surface area contributed by atoms with E-state index in [4.69, 9.17) is 27.9 Å². The quantitative estimate of drug-likeness (QED) is 0.460. The Morgan fingerprint density at radius 2 is 1.68 bits per heavy atom. The number of anilines is 1. The normalized spacial score (nSPS) is 32.2. The van der Waals surface area contributed by atoms with Gasteiger partial charge >= 0.3 is 0 Å². The molecule has 1 spiro atoms. The fraction of sp³-hybridized carbons (Fsp3) is 0.633. The summed E-state index contributed by atoms with van der Waals surface area (Å²) in [6, 6.07) is 4.19. The molecule has 5 atom stereocenters. The van der Waals surface area contributed by atoms with Crippen molar-refractivity contribution >= 4 is 46.6 Å². The lowest BCUT2D eigenvalue weighted by Crippen LogP contribution is -2.57. The Labute approximate surface area is 245 Å². The van der Waals surface area contributed by atoms with Crippen molar-refractivity contribution in [3.8, 4) is 0 Å². The van der Waals surface area contributed by atoms with Crippen LogP contribution in [-0.2, 0) is 19.1 Å². The molecule has 3 amide bonds. The van der Waals surface area contributed by atoms with Gasteiger partial charge in [0.2, 0.25) is 17.7 Å². The number of nitrogens with zero attached hydrogens (tertiary/aromatic N) is 2. The van der Waals surface area contributed by atoms with Crippen LogP contribution < -0.4 is 10.6 Å². The molecule has 0 aromatic heterocycles. The van der Waals surface area contributed by atoms with Gasteiger partial charge in [-0.05, 0) is 57.0 Å². The largest absolute Gasteiger partial charge is 0.359 e. The fourth-order valence-corrected chi connectivity index (χ4v) is 7.74. The lowest BCUT2D eigenvalue weighted by Gasteiger charge is -2.35. The van der Waals surface area contributed by atoms with Crippen LogP contribution in [0, 0.1) is 11.8 Å². The molecule has 0 radical (unpaired) electrons. The Hall–Kier alpha value is -2.13. The SMILES string of the molecule is O=C(Nc1ccc(Cl)c(Cl)c1)[C@H]1[C@@H]2C=C[C@]3(O2)[C@@H]1C(=O)N(CCN1CCCCCC1)[C@H]3C(=O)NC1CCCCC1. The second kappa shape index (κ2) is 11.6. The molecule has 40 heavy (non-hydrogen) atoms. The van der Waals surface area contributed by atoms with Gasteiger partial charge in [0.25, 0.3) is 0 Å². The summed E-state index contributed by atoms with van der Waals surface area (Å²) < 4.78 is 6.48. The van der Waals surface area contributed by atoms with Crippen molar-refractivity contribution in [3.05, 3.63) is 40.4 Å². The van der Waals surface area contributed by atoms with Crippen molar-refractivity contribution in [1.29, 1.82) is 0 Å². The van der Waals surface area contributed by atoms with E-state index >= 15 is 0 Å². The van der Waals surface area contributed by atoms with Crippen molar-refractivity contribution in [1.82, 2.24) is 15.1 Å². The number of amides is 3. The maximum atomic E-state index is 14.2. The second-order valence-corrected chi connectivity index (χ2v) is 12.8. The third-order valence-electron chi connectivity index (χ3n) is 9.42. The molecule has 4 aliphatic heterocycles. The molecule has 8 nitrogen and oxygen atoms in total. The summed E-state index contributed by atoms with van der Waals surface area (Å²) in [5, 5.41) is 6.88. The summed E-state index contributed by atoms with van der Waals surface area (Å²) in [5.41, 5.74) is -0.658. The number of benzene rings is 1. The van der Waals surface area contributed by atoms with E-state index in [1.165, 1.54) is 19.3 Å². The number of likely N-dealkylation sites (tertiary alicyclic amines) is 2. The van der Waals surface area contributed by atoms with E-state index in [9.17, 15) is 14.4 Å². The first-order valence-corrected chi connectivity index (χ1v) is 15.6. The van der Waals surface area contributed by atoms with E-state index in [1.54, 1.807) is 23.1 Å². The molecule has 1 aromatic rings. The Balaban J connectivity index is 1.26. The van der Waals surface area contributed by atoms with Gasteiger partial charge in [-0.2, -0.15) is 0 Å². The van der Waals surface area contributed by atoms with Gasteiger partial charge < -0.3 is 25.2 Å². The van der Waals surface area contributed by atoms with Crippen LogP contribution in [0.3, 0.4) is 0 Å². The highest BCUT2D eigenvalue weighted by Gasteiger charge is 2.72. The molecule has 1 aliphatic carbocycles. The minimum Gasteiger partial charge on any atom is -0.359 e. The molecule has 216 valence electrons. The first-order valence-electron chi connectivity index (χ1n) is 14.8. The predicted molar refractivity (Wildman–Crippen MR) is 154 cm³/mol. The number of ether oxygens (including phenoxy) is 1. The van der Waals surface area contributed by atoms with Crippen LogP contribution in [0.2, 0.25) is 10.0 Å². The van der Waals surface area contributed by atoms with Gasteiger partial charge in [0.05, 0.1) is 28.0 Å². The zero-order valence-electron chi connectivity index (χ0n) is 22.7. The van der Waals surface area contributed by atoms with Gasteiger partial charge in [-0.3, -0.25) is 14.4 Å². The molecule has 1 aromatic carbocycles. The minimum absolute atomic E-state index is 0.107. The maximum absolute atomic E-state index is 14.2. The Bertz CT molecular complexity index is 1180. The monoisotopic (exact) mass is 588 g/mol. The standard InChI is InChI=1S/C30H38Cl2N4O4/c31-21-11-10-20(18-22(21)32)34-27(37)24-23-12-13-30(40-23)25(24)29(39)36(17-16-35-14-6-1-2-7-15-35)26(30)28(38)33-19-8-4-3-5-9-19/h10-13,18-19,23-26H,1-9,14-17H2,(H,33,38)(H,34,37)/t23-,24-,25-,26-,30-/m0/s1. The first kappa shape index (κ1) is 28.0. The zero-order valence-corrected chi connectivity index (χ0v) is 24.3. The molecule has 2 bridgehead atoms.